The van der Waals surface area contributed by atoms with E-state index in [4.69, 9.17) is 9.72 Å². The van der Waals surface area contributed by atoms with Gasteiger partial charge in [0.1, 0.15) is 11.6 Å². The number of aromatic nitrogens is 2. The van der Waals surface area contributed by atoms with E-state index < -0.39 is 0 Å². The highest BCUT2D eigenvalue weighted by molar-refractivity contribution is 5.83. The number of fused-ring (bicyclic) bond motifs is 2. The van der Waals surface area contributed by atoms with Crippen LogP contribution in [0.4, 0.5) is 0 Å². The average molecular weight is 470 g/mol. The van der Waals surface area contributed by atoms with Gasteiger partial charge in [-0.15, -0.1) is 0 Å². The molecule has 0 saturated heterocycles. The Labute approximate surface area is 207 Å². The summed E-state index contributed by atoms with van der Waals surface area (Å²) in [4.78, 5) is 17.4. The van der Waals surface area contributed by atoms with Crippen molar-refractivity contribution < 1.29 is 9.53 Å². The van der Waals surface area contributed by atoms with Crippen molar-refractivity contribution in [3.05, 3.63) is 72.6 Å². The minimum atomic E-state index is 0.199. The Morgan fingerprint density at radius 2 is 1.74 bits per heavy atom. The lowest BCUT2D eigenvalue weighted by molar-refractivity contribution is -0.125. The van der Waals surface area contributed by atoms with Gasteiger partial charge in [-0.3, -0.25) is 4.79 Å². The van der Waals surface area contributed by atoms with Gasteiger partial charge in [0.15, 0.2) is 0 Å². The van der Waals surface area contributed by atoms with Gasteiger partial charge in [-0.25, -0.2) is 4.98 Å². The van der Waals surface area contributed by atoms with Crippen molar-refractivity contribution in [1.29, 1.82) is 0 Å². The number of benzene rings is 3. The molecule has 0 bridgehead atoms. The summed E-state index contributed by atoms with van der Waals surface area (Å²) in [5.74, 6) is 2.39. The minimum Gasteiger partial charge on any atom is -0.494 e. The largest absolute Gasteiger partial charge is 0.494 e. The fourth-order valence-corrected chi connectivity index (χ4v) is 5.19. The Kier molecular flexibility index (Phi) is 7.62. The van der Waals surface area contributed by atoms with E-state index in [-0.39, 0.29) is 11.8 Å². The molecule has 35 heavy (non-hydrogen) atoms. The summed E-state index contributed by atoms with van der Waals surface area (Å²) in [5, 5.41) is 5.60. The number of hydrogen-bond acceptors (Lipinski definition) is 3. The molecule has 5 rings (SSSR count). The zero-order valence-electron chi connectivity index (χ0n) is 20.4. The third kappa shape index (κ3) is 5.84. The number of nitrogens with one attached hydrogen (secondary N) is 1. The highest BCUT2D eigenvalue weighted by Gasteiger charge is 2.20. The molecule has 1 amide bonds. The topological polar surface area (TPSA) is 56.2 Å². The second-order valence-corrected chi connectivity index (χ2v) is 9.61. The quantitative estimate of drug-likeness (QED) is 0.278. The van der Waals surface area contributed by atoms with Crippen LogP contribution in [0.2, 0.25) is 0 Å². The van der Waals surface area contributed by atoms with E-state index in [1.165, 1.54) is 30.0 Å². The molecule has 182 valence electrons. The monoisotopic (exact) mass is 469 g/mol. The molecule has 1 aliphatic rings. The molecule has 0 aliphatic heterocycles. The van der Waals surface area contributed by atoms with Crippen molar-refractivity contribution in [3.8, 4) is 5.75 Å². The number of nitrogens with zero attached hydrogens (tertiary/aromatic N) is 2. The number of aryl methyl sites for hydroxylation is 1. The molecule has 0 unspecified atom stereocenters. The number of ether oxygens (including phenoxy) is 1. The Balaban J connectivity index is 1.14. The van der Waals surface area contributed by atoms with Gasteiger partial charge in [0.2, 0.25) is 5.91 Å². The lowest BCUT2D eigenvalue weighted by Crippen LogP contribution is -2.33. The molecule has 5 heteroatoms. The van der Waals surface area contributed by atoms with Crippen molar-refractivity contribution in [3.63, 3.8) is 0 Å². The van der Waals surface area contributed by atoms with Crippen molar-refractivity contribution in [2.75, 3.05) is 13.2 Å². The molecule has 1 heterocycles. The highest BCUT2D eigenvalue weighted by Crippen LogP contribution is 2.24. The fourth-order valence-electron chi connectivity index (χ4n) is 5.19. The molecule has 4 aromatic rings. The fraction of sp³-hybridized carbons (Fsp3) is 0.400. The summed E-state index contributed by atoms with van der Waals surface area (Å²) in [6, 6.07) is 22.9. The van der Waals surface area contributed by atoms with Gasteiger partial charge in [0, 0.05) is 25.4 Å². The Morgan fingerprint density at radius 1 is 0.943 bits per heavy atom. The van der Waals surface area contributed by atoms with Crippen LogP contribution in [-0.4, -0.2) is 28.6 Å². The zero-order valence-corrected chi connectivity index (χ0v) is 20.4. The van der Waals surface area contributed by atoms with Gasteiger partial charge in [-0.05, 0) is 60.7 Å². The lowest BCUT2D eigenvalue weighted by Gasteiger charge is -2.20. The predicted molar refractivity (Wildman–Crippen MR) is 142 cm³/mol. The summed E-state index contributed by atoms with van der Waals surface area (Å²) < 4.78 is 8.35. The van der Waals surface area contributed by atoms with E-state index in [1.807, 2.05) is 12.1 Å². The van der Waals surface area contributed by atoms with Gasteiger partial charge in [-0.2, -0.15) is 0 Å². The highest BCUT2D eigenvalue weighted by atomic mass is 16.5. The molecule has 1 N–H and O–H groups in total. The number of carbonyl (C=O) groups excluding carboxylic acids is 1. The molecular formula is C30H35N3O2. The van der Waals surface area contributed by atoms with E-state index in [9.17, 15) is 4.79 Å². The Bertz CT molecular complexity index is 1270. The van der Waals surface area contributed by atoms with Gasteiger partial charge in [0.25, 0.3) is 0 Å². The van der Waals surface area contributed by atoms with E-state index in [0.717, 1.165) is 61.3 Å². The molecule has 1 fully saturated rings. The summed E-state index contributed by atoms with van der Waals surface area (Å²) in [6.45, 7) is 2.23. The second-order valence-electron chi connectivity index (χ2n) is 9.61. The number of imidazole rings is 1. The first-order chi connectivity index (χ1) is 17.3. The Morgan fingerprint density at radius 3 is 2.63 bits per heavy atom. The van der Waals surface area contributed by atoms with Crippen LogP contribution in [-0.2, 0) is 17.8 Å². The Hall–Kier alpha value is -3.34. The second kappa shape index (κ2) is 11.4. The molecule has 3 aromatic carbocycles. The van der Waals surface area contributed by atoms with Gasteiger partial charge in [0.05, 0.1) is 17.6 Å². The van der Waals surface area contributed by atoms with Crippen molar-refractivity contribution in [2.45, 2.75) is 57.9 Å². The average Bonchev–Trinajstić information content (AvgIpc) is 3.26. The van der Waals surface area contributed by atoms with E-state index in [0.29, 0.717) is 13.2 Å². The summed E-state index contributed by atoms with van der Waals surface area (Å²) >= 11 is 0. The molecule has 1 aromatic heterocycles. The summed E-state index contributed by atoms with van der Waals surface area (Å²) in [5.41, 5.74) is 2.19. The predicted octanol–water partition coefficient (Wildman–Crippen LogP) is 6.29. The maximum atomic E-state index is 12.5. The van der Waals surface area contributed by atoms with Crippen LogP contribution in [0.25, 0.3) is 21.8 Å². The molecule has 0 atom stereocenters. The number of unbranched alkanes of at least 4 members (excludes halogenated alkanes) is 1. The zero-order chi connectivity index (χ0) is 23.9. The third-order valence-electron chi connectivity index (χ3n) is 7.12. The maximum absolute atomic E-state index is 12.5. The smallest absolute Gasteiger partial charge is 0.223 e. The number of hydrogen-bond donors (Lipinski definition) is 1. The third-order valence-corrected chi connectivity index (χ3v) is 7.12. The molecular weight excluding hydrogens is 434 g/mol. The molecule has 0 spiro atoms. The SMILES string of the molecule is O=C(NCCc1nc2ccccc2n1CCCCOc1ccc2ccccc2c1)C1CCCCC1. The van der Waals surface area contributed by atoms with Crippen LogP contribution < -0.4 is 10.1 Å². The van der Waals surface area contributed by atoms with E-state index in [2.05, 4.69) is 64.5 Å². The first-order valence-corrected chi connectivity index (χ1v) is 13.1. The van der Waals surface area contributed by atoms with E-state index >= 15 is 0 Å². The van der Waals surface area contributed by atoms with Gasteiger partial charge >= 0.3 is 0 Å². The summed E-state index contributed by atoms with van der Waals surface area (Å²) in [7, 11) is 0. The number of rotatable bonds is 10. The molecule has 0 radical (unpaired) electrons. The van der Waals surface area contributed by atoms with Gasteiger partial charge in [-0.1, -0.05) is 61.7 Å². The molecule has 1 aliphatic carbocycles. The van der Waals surface area contributed by atoms with Crippen LogP contribution in [0.1, 0.15) is 50.8 Å². The first kappa shape index (κ1) is 23.4. The molecule has 1 saturated carbocycles. The van der Waals surface area contributed by atoms with Crippen LogP contribution in [0.15, 0.2) is 66.7 Å². The van der Waals surface area contributed by atoms with Crippen molar-refractivity contribution >= 4 is 27.7 Å². The van der Waals surface area contributed by atoms with Crippen molar-refractivity contribution in [2.24, 2.45) is 5.92 Å². The van der Waals surface area contributed by atoms with E-state index in [1.54, 1.807) is 0 Å². The first-order valence-electron chi connectivity index (χ1n) is 13.1. The summed E-state index contributed by atoms with van der Waals surface area (Å²) in [6.07, 6.45) is 8.42. The standard InChI is InChI=1S/C30H35N3O2/c34-30(24-11-2-1-3-12-24)31-19-18-29-32-27-14-6-7-15-28(27)33(29)20-8-9-21-35-26-17-16-23-10-4-5-13-25(23)22-26/h4-7,10,13-17,22,24H,1-3,8-9,11-12,18-21H2,(H,31,34). The van der Waals surface area contributed by atoms with Crippen LogP contribution in [0, 0.1) is 5.92 Å². The number of carbonyl (C=O) groups is 1. The van der Waals surface area contributed by atoms with Crippen LogP contribution in [0.5, 0.6) is 5.75 Å². The minimum absolute atomic E-state index is 0.199. The molecule has 5 nitrogen and oxygen atoms in total. The van der Waals surface area contributed by atoms with Gasteiger partial charge < -0.3 is 14.6 Å². The number of amides is 1. The van der Waals surface area contributed by atoms with Crippen LogP contribution in [0.3, 0.4) is 0 Å². The lowest BCUT2D eigenvalue weighted by atomic mass is 9.89. The van der Waals surface area contributed by atoms with Crippen molar-refractivity contribution in [1.82, 2.24) is 14.9 Å². The maximum Gasteiger partial charge on any atom is 0.223 e. The normalized spacial score (nSPS) is 14.4. The van der Waals surface area contributed by atoms with Crippen LogP contribution >= 0.6 is 0 Å². The number of para-hydroxylation sites is 2.